The van der Waals surface area contributed by atoms with Gasteiger partial charge in [0, 0.05) is 12.4 Å². The van der Waals surface area contributed by atoms with Gasteiger partial charge in [-0.15, -0.1) is 0 Å². The molecular formula is C9H11N5. The van der Waals surface area contributed by atoms with Gasteiger partial charge in [-0.1, -0.05) is 6.07 Å². The molecule has 2 rings (SSSR count). The number of pyridine rings is 1. The number of aromatic nitrogens is 4. The lowest BCUT2D eigenvalue weighted by Crippen LogP contribution is -2.19. The predicted molar refractivity (Wildman–Crippen MR) is 51.5 cm³/mol. The molecule has 0 fully saturated rings. The van der Waals surface area contributed by atoms with E-state index in [4.69, 9.17) is 0 Å². The molecule has 0 radical (unpaired) electrons. The molecule has 0 saturated heterocycles. The van der Waals surface area contributed by atoms with E-state index in [0.29, 0.717) is 0 Å². The van der Waals surface area contributed by atoms with Gasteiger partial charge in [-0.3, -0.25) is 10.1 Å². The molecule has 0 aliphatic rings. The normalized spacial score (nSPS) is 12.6. The van der Waals surface area contributed by atoms with E-state index >= 15 is 0 Å². The molecule has 14 heavy (non-hydrogen) atoms. The maximum atomic E-state index is 4.11. The van der Waals surface area contributed by atoms with Crippen molar-refractivity contribution in [2.75, 3.05) is 7.05 Å². The quantitative estimate of drug-likeness (QED) is 0.738. The summed E-state index contributed by atoms with van der Waals surface area (Å²) in [5.74, 6) is 0.792. The number of rotatable bonds is 3. The second-order valence-electron chi connectivity index (χ2n) is 2.88. The highest BCUT2D eigenvalue weighted by Crippen LogP contribution is 2.15. The summed E-state index contributed by atoms with van der Waals surface area (Å²) in [6, 6.07) is 3.92. The first-order valence-electron chi connectivity index (χ1n) is 4.34. The zero-order valence-electron chi connectivity index (χ0n) is 7.81. The van der Waals surface area contributed by atoms with Gasteiger partial charge in [0.2, 0.25) is 0 Å². The Morgan fingerprint density at radius 2 is 2.43 bits per heavy atom. The van der Waals surface area contributed by atoms with Gasteiger partial charge in [0.05, 0.1) is 6.04 Å². The topological polar surface area (TPSA) is 66.5 Å². The minimum Gasteiger partial charge on any atom is -0.307 e. The van der Waals surface area contributed by atoms with Gasteiger partial charge < -0.3 is 5.32 Å². The number of hydrogen-bond donors (Lipinski definition) is 2. The molecule has 0 bridgehead atoms. The first-order chi connectivity index (χ1) is 6.92. The van der Waals surface area contributed by atoms with Crippen molar-refractivity contribution in [3.63, 3.8) is 0 Å². The lowest BCUT2D eigenvalue weighted by Gasteiger charge is -2.12. The van der Waals surface area contributed by atoms with E-state index in [1.807, 2.05) is 25.4 Å². The molecule has 5 nitrogen and oxygen atoms in total. The molecule has 0 aliphatic carbocycles. The van der Waals surface area contributed by atoms with Crippen LogP contribution in [-0.4, -0.2) is 27.2 Å². The van der Waals surface area contributed by atoms with Crippen LogP contribution < -0.4 is 5.32 Å². The largest absolute Gasteiger partial charge is 0.307 e. The minimum atomic E-state index is 0.0196. The molecule has 72 valence electrons. The predicted octanol–water partition coefficient (Wildman–Crippen LogP) is 0.508. The number of aromatic amines is 1. The van der Waals surface area contributed by atoms with Gasteiger partial charge >= 0.3 is 0 Å². The van der Waals surface area contributed by atoms with Crippen LogP contribution in [-0.2, 0) is 0 Å². The molecule has 0 aromatic carbocycles. The monoisotopic (exact) mass is 189 g/mol. The molecule has 2 aromatic heterocycles. The van der Waals surface area contributed by atoms with Gasteiger partial charge in [-0.2, -0.15) is 5.10 Å². The highest BCUT2D eigenvalue weighted by atomic mass is 15.2. The van der Waals surface area contributed by atoms with Crippen molar-refractivity contribution >= 4 is 0 Å². The smallest absolute Gasteiger partial charge is 0.146 e. The molecule has 1 atom stereocenters. The molecule has 0 spiro atoms. The van der Waals surface area contributed by atoms with Crippen molar-refractivity contribution in [3.8, 4) is 0 Å². The lowest BCUT2D eigenvalue weighted by atomic mass is 10.1. The van der Waals surface area contributed by atoms with Crippen LogP contribution in [0.2, 0.25) is 0 Å². The van der Waals surface area contributed by atoms with E-state index < -0.39 is 0 Å². The van der Waals surface area contributed by atoms with Crippen LogP contribution in [0.5, 0.6) is 0 Å². The molecule has 2 aromatic rings. The molecule has 0 saturated carbocycles. The summed E-state index contributed by atoms with van der Waals surface area (Å²) < 4.78 is 0. The molecular weight excluding hydrogens is 178 g/mol. The van der Waals surface area contributed by atoms with E-state index in [0.717, 1.165) is 11.4 Å². The third kappa shape index (κ3) is 1.62. The molecule has 0 amide bonds. The fourth-order valence-corrected chi connectivity index (χ4v) is 1.36. The van der Waals surface area contributed by atoms with Crippen LogP contribution in [0.25, 0.3) is 0 Å². The maximum absolute atomic E-state index is 4.11. The number of hydrogen-bond acceptors (Lipinski definition) is 4. The van der Waals surface area contributed by atoms with Gasteiger partial charge in [0.15, 0.2) is 0 Å². The first-order valence-corrected chi connectivity index (χ1v) is 4.34. The van der Waals surface area contributed by atoms with Crippen LogP contribution in [0.1, 0.15) is 17.4 Å². The zero-order valence-corrected chi connectivity index (χ0v) is 7.81. The molecule has 0 aliphatic heterocycles. The maximum Gasteiger partial charge on any atom is 0.146 e. The third-order valence-electron chi connectivity index (χ3n) is 2.01. The summed E-state index contributed by atoms with van der Waals surface area (Å²) in [6.07, 6.45) is 5.05. The summed E-state index contributed by atoms with van der Waals surface area (Å²) >= 11 is 0. The van der Waals surface area contributed by atoms with Gasteiger partial charge in [0.25, 0.3) is 0 Å². The van der Waals surface area contributed by atoms with Crippen molar-refractivity contribution < 1.29 is 0 Å². The van der Waals surface area contributed by atoms with Crippen LogP contribution in [0.3, 0.4) is 0 Å². The SMILES string of the molecule is CNC(c1cccnc1)c1ncn[nH]1. The Labute approximate surface area is 81.6 Å². The number of H-pyrrole nitrogens is 1. The molecule has 2 N–H and O–H groups in total. The van der Waals surface area contributed by atoms with Gasteiger partial charge in [0.1, 0.15) is 12.2 Å². The third-order valence-corrected chi connectivity index (χ3v) is 2.01. The summed E-state index contributed by atoms with van der Waals surface area (Å²) in [5.41, 5.74) is 1.06. The first kappa shape index (κ1) is 8.83. The average Bonchev–Trinajstić information content (AvgIpc) is 2.74. The summed E-state index contributed by atoms with van der Waals surface area (Å²) in [6.45, 7) is 0. The lowest BCUT2D eigenvalue weighted by molar-refractivity contribution is 0.647. The van der Waals surface area contributed by atoms with Crippen LogP contribution in [0.4, 0.5) is 0 Å². The number of nitrogens with zero attached hydrogens (tertiary/aromatic N) is 3. The Morgan fingerprint density at radius 1 is 1.50 bits per heavy atom. The van der Waals surface area contributed by atoms with Crippen molar-refractivity contribution in [1.82, 2.24) is 25.5 Å². The van der Waals surface area contributed by atoms with E-state index in [1.54, 1.807) is 6.20 Å². The summed E-state index contributed by atoms with van der Waals surface area (Å²) in [4.78, 5) is 8.17. The summed E-state index contributed by atoms with van der Waals surface area (Å²) in [5, 5.41) is 9.80. The van der Waals surface area contributed by atoms with Crippen molar-refractivity contribution in [2.45, 2.75) is 6.04 Å². The second-order valence-corrected chi connectivity index (χ2v) is 2.88. The van der Waals surface area contributed by atoms with Crippen molar-refractivity contribution in [2.24, 2.45) is 0 Å². The van der Waals surface area contributed by atoms with Crippen molar-refractivity contribution in [1.29, 1.82) is 0 Å². The number of nitrogens with one attached hydrogen (secondary N) is 2. The second kappa shape index (κ2) is 3.97. The van der Waals surface area contributed by atoms with E-state index in [9.17, 15) is 0 Å². The van der Waals surface area contributed by atoms with E-state index in [1.165, 1.54) is 6.33 Å². The van der Waals surface area contributed by atoms with E-state index in [-0.39, 0.29) is 6.04 Å². The fraction of sp³-hybridized carbons (Fsp3) is 0.222. The molecule has 2 heterocycles. The Balaban J connectivity index is 2.31. The van der Waals surface area contributed by atoms with E-state index in [2.05, 4.69) is 25.5 Å². The highest BCUT2D eigenvalue weighted by molar-refractivity contribution is 5.20. The fourth-order valence-electron chi connectivity index (χ4n) is 1.36. The van der Waals surface area contributed by atoms with Crippen LogP contribution in [0, 0.1) is 0 Å². The highest BCUT2D eigenvalue weighted by Gasteiger charge is 2.13. The Bertz CT molecular complexity index is 369. The Hall–Kier alpha value is -1.75. The Morgan fingerprint density at radius 3 is 3.00 bits per heavy atom. The zero-order chi connectivity index (χ0) is 9.80. The molecule has 5 heteroatoms. The van der Waals surface area contributed by atoms with Crippen LogP contribution in [0.15, 0.2) is 30.9 Å². The summed E-state index contributed by atoms with van der Waals surface area (Å²) in [7, 11) is 1.88. The van der Waals surface area contributed by atoms with Gasteiger partial charge in [-0.05, 0) is 18.7 Å². The van der Waals surface area contributed by atoms with Gasteiger partial charge in [-0.25, -0.2) is 4.98 Å². The Kier molecular flexibility index (Phi) is 2.51. The van der Waals surface area contributed by atoms with Crippen LogP contribution >= 0.6 is 0 Å². The average molecular weight is 189 g/mol. The minimum absolute atomic E-state index is 0.0196. The standard InChI is InChI=1S/C9H11N5/c1-10-8(9-12-6-13-14-9)7-3-2-4-11-5-7/h2-6,8,10H,1H3,(H,12,13,14). The van der Waals surface area contributed by atoms with Crippen molar-refractivity contribution in [3.05, 3.63) is 42.2 Å². The molecule has 1 unspecified atom stereocenters.